The number of aromatic amines is 1. The number of rotatable bonds is 5. The van der Waals surface area contributed by atoms with Crippen molar-refractivity contribution in [3.05, 3.63) is 69.8 Å². The van der Waals surface area contributed by atoms with Crippen LogP contribution in [0.2, 0.25) is 10.0 Å². The van der Waals surface area contributed by atoms with Crippen LogP contribution in [0.15, 0.2) is 48.7 Å². The van der Waals surface area contributed by atoms with Gasteiger partial charge in [0.05, 0.1) is 0 Å². The molecule has 0 radical (unpaired) electrons. The van der Waals surface area contributed by atoms with Gasteiger partial charge in [0, 0.05) is 46.0 Å². The van der Waals surface area contributed by atoms with Crippen LogP contribution >= 0.6 is 23.2 Å². The fourth-order valence-electron chi connectivity index (χ4n) is 3.69. The average molecular weight is 416 g/mol. The van der Waals surface area contributed by atoms with E-state index in [4.69, 9.17) is 23.2 Å². The molecule has 144 valence electrons. The molecule has 5 nitrogen and oxygen atoms in total. The summed E-state index contributed by atoms with van der Waals surface area (Å²) in [4.78, 5) is 27.2. The molecule has 0 bridgehead atoms. The lowest BCUT2D eigenvalue weighted by Gasteiger charge is -2.21. The maximum absolute atomic E-state index is 12.5. The third-order valence-corrected chi connectivity index (χ3v) is 5.69. The van der Waals surface area contributed by atoms with Crippen molar-refractivity contribution >= 4 is 45.9 Å². The third-order valence-electron chi connectivity index (χ3n) is 5.13. The first-order valence-corrected chi connectivity index (χ1v) is 9.86. The van der Waals surface area contributed by atoms with Gasteiger partial charge in [0.1, 0.15) is 6.04 Å². The molecule has 1 aliphatic heterocycles. The molecule has 1 aromatic heterocycles. The van der Waals surface area contributed by atoms with Crippen LogP contribution in [0.3, 0.4) is 0 Å². The summed E-state index contributed by atoms with van der Waals surface area (Å²) in [6.07, 6.45) is 2.85. The molecule has 3 aromatic rings. The van der Waals surface area contributed by atoms with Crippen LogP contribution in [0.25, 0.3) is 10.9 Å². The minimum absolute atomic E-state index is 0.0888. The molecule has 28 heavy (non-hydrogen) atoms. The second kappa shape index (κ2) is 7.86. The molecule has 1 saturated heterocycles. The number of aromatic nitrogens is 1. The smallest absolute Gasteiger partial charge is 0.242 e. The summed E-state index contributed by atoms with van der Waals surface area (Å²) in [6, 6.07) is 12.9. The number of carbonyl (C=O) groups is 2. The lowest BCUT2D eigenvalue weighted by atomic mass is 9.90. The van der Waals surface area contributed by atoms with Crippen LogP contribution in [0, 0.1) is 0 Å². The zero-order valence-corrected chi connectivity index (χ0v) is 16.5. The Labute approximate surface area is 172 Å². The number of benzene rings is 2. The lowest BCUT2D eigenvalue weighted by molar-refractivity contribution is -0.125. The van der Waals surface area contributed by atoms with E-state index in [-0.39, 0.29) is 17.7 Å². The molecule has 4 rings (SSSR count). The second-order valence-corrected chi connectivity index (χ2v) is 7.76. The summed E-state index contributed by atoms with van der Waals surface area (Å²) in [7, 11) is 0. The van der Waals surface area contributed by atoms with Gasteiger partial charge in [-0.1, -0.05) is 47.5 Å². The summed E-state index contributed by atoms with van der Waals surface area (Å²) < 4.78 is 0. The van der Waals surface area contributed by atoms with Gasteiger partial charge in [0.25, 0.3) is 0 Å². The van der Waals surface area contributed by atoms with E-state index >= 15 is 0 Å². The van der Waals surface area contributed by atoms with Gasteiger partial charge in [0.2, 0.25) is 11.8 Å². The van der Waals surface area contributed by atoms with Crippen molar-refractivity contribution in [2.24, 2.45) is 0 Å². The van der Waals surface area contributed by atoms with E-state index in [0.29, 0.717) is 29.4 Å². The summed E-state index contributed by atoms with van der Waals surface area (Å²) in [6.45, 7) is 0.356. The molecule has 2 aromatic carbocycles. The first kappa shape index (κ1) is 18.8. The number of hydrogen-bond donors (Lipinski definition) is 3. The van der Waals surface area contributed by atoms with E-state index in [9.17, 15) is 9.59 Å². The largest absolute Gasteiger partial charge is 0.361 e. The minimum Gasteiger partial charge on any atom is -0.361 e. The Morgan fingerprint density at radius 1 is 1.18 bits per heavy atom. The van der Waals surface area contributed by atoms with Crippen molar-refractivity contribution in [1.82, 2.24) is 15.6 Å². The zero-order valence-electron chi connectivity index (χ0n) is 15.0. The van der Waals surface area contributed by atoms with Crippen molar-refractivity contribution in [1.29, 1.82) is 0 Å². The molecule has 2 heterocycles. The first-order valence-electron chi connectivity index (χ1n) is 9.11. The van der Waals surface area contributed by atoms with E-state index in [1.807, 2.05) is 36.5 Å². The molecule has 2 atom stereocenters. The summed E-state index contributed by atoms with van der Waals surface area (Å²) in [5.41, 5.74) is 2.93. The molecule has 7 heteroatoms. The maximum atomic E-state index is 12.5. The van der Waals surface area contributed by atoms with Gasteiger partial charge in [-0.15, -0.1) is 0 Å². The normalized spacial score (nSPS) is 17.5. The molecular formula is C21H19Cl2N3O2. The highest BCUT2D eigenvalue weighted by Gasteiger charge is 2.28. The number of hydrogen-bond acceptors (Lipinski definition) is 2. The number of nitrogens with one attached hydrogen (secondary N) is 3. The van der Waals surface area contributed by atoms with Gasteiger partial charge in [-0.2, -0.15) is 0 Å². The van der Waals surface area contributed by atoms with Crippen molar-refractivity contribution < 1.29 is 9.59 Å². The Kier molecular flexibility index (Phi) is 5.29. The molecule has 1 aliphatic rings. The highest BCUT2D eigenvalue weighted by atomic mass is 35.5. The fourth-order valence-corrected chi connectivity index (χ4v) is 4.23. The van der Waals surface area contributed by atoms with Gasteiger partial charge in [-0.05, 0) is 35.7 Å². The number of carbonyl (C=O) groups excluding carboxylic acids is 2. The maximum Gasteiger partial charge on any atom is 0.242 e. The number of fused-ring (bicyclic) bond motifs is 1. The van der Waals surface area contributed by atoms with Crippen molar-refractivity contribution in [3.63, 3.8) is 0 Å². The Balaban J connectivity index is 1.65. The number of halogens is 2. The number of amides is 2. The highest BCUT2D eigenvalue weighted by molar-refractivity contribution is 6.35. The Hall–Kier alpha value is -2.50. The monoisotopic (exact) mass is 415 g/mol. The minimum atomic E-state index is -0.475. The Bertz CT molecular complexity index is 1050. The fraction of sp³-hybridized carbons (Fsp3) is 0.238. The molecule has 0 aliphatic carbocycles. The summed E-state index contributed by atoms with van der Waals surface area (Å²) in [5.74, 6) is -0.433. The van der Waals surface area contributed by atoms with E-state index in [2.05, 4.69) is 15.6 Å². The van der Waals surface area contributed by atoms with Crippen LogP contribution in [-0.4, -0.2) is 29.4 Å². The van der Waals surface area contributed by atoms with Crippen molar-refractivity contribution in [2.45, 2.75) is 24.8 Å². The van der Waals surface area contributed by atoms with Gasteiger partial charge in [-0.25, -0.2) is 0 Å². The predicted molar refractivity (Wildman–Crippen MR) is 111 cm³/mol. The van der Waals surface area contributed by atoms with Crippen LogP contribution in [0.4, 0.5) is 0 Å². The van der Waals surface area contributed by atoms with Gasteiger partial charge < -0.3 is 15.6 Å². The van der Waals surface area contributed by atoms with E-state index in [1.54, 1.807) is 12.1 Å². The molecule has 1 fully saturated rings. The predicted octanol–water partition coefficient (Wildman–Crippen LogP) is 4.00. The first-order chi connectivity index (χ1) is 13.5. The quantitative estimate of drug-likeness (QED) is 0.588. The molecule has 0 saturated carbocycles. The molecule has 3 N–H and O–H groups in total. The van der Waals surface area contributed by atoms with Crippen LogP contribution in [0.1, 0.15) is 29.9 Å². The summed E-state index contributed by atoms with van der Waals surface area (Å²) in [5, 5.41) is 7.86. The molecule has 0 spiro atoms. The van der Waals surface area contributed by atoms with Gasteiger partial charge in [0.15, 0.2) is 0 Å². The van der Waals surface area contributed by atoms with E-state index in [1.165, 1.54) is 0 Å². The molecule has 2 amide bonds. The third kappa shape index (κ3) is 3.73. The van der Waals surface area contributed by atoms with Gasteiger partial charge >= 0.3 is 0 Å². The Morgan fingerprint density at radius 2 is 2.00 bits per heavy atom. The average Bonchev–Trinajstić information content (AvgIpc) is 3.30. The topological polar surface area (TPSA) is 74.0 Å². The molecular weight excluding hydrogens is 397 g/mol. The number of para-hydroxylation sites is 1. The number of H-pyrrole nitrogens is 1. The highest BCUT2D eigenvalue weighted by Crippen LogP contribution is 2.35. The van der Waals surface area contributed by atoms with Crippen LogP contribution in [0.5, 0.6) is 0 Å². The van der Waals surface area contributed by atoms with E-state index in [0.717, 1.165) is 22.0 Å². The standard InChI is InChI=1S/C21H19Cl2N3O2/c22-12-5-6-13(17(23)9-12)15(11-25-21(28)19-7-8-20(27)26-19)16-10-24-18-4-2-1-3-14(16)18/h1-6,9-10,15,19,24H,7-8,11H2,(H,25,28)(H,26,27). The summed E-state index contributed by atoms with van der Waals surface area (Å²) >= 11 is 12.6. The van der Waals surface area contributed by atoms with E-state index < -0.39 is 6.04 Å². The van der Waals surface area contributed by atoms with Crippen molar-refractivity contribution in [3.8, 4) is 0 Å². The lowest BCUT2D eigenvalue weighted by Crippen LogP contribution is -2.43. The van der Waals surface area contributed by atoms with Crippen LogP contribution in [-0.2, 0) is 9.59 Å². The Morgan fingerprint density at radius 3 is 2.75 bits per heavy atom. The van der Waals surface area contributed by atoms with Crippen molar-refractivity contribution in [2.75, 3.05) is 6.54 Å². The zero-order chi connectivity index (χ0) is 19.7. The SMILES string of the molecule is O=C1CCC(C(=O)NCC(c2ccc(Cl)cc2Cl)c2c[nH]c3ccccc23)N1. The second-order valence-electron chi connectivity index (χ2n) is 6.91. The molecule has 2 unspecified atom stereocenters. The van der Waals surface area contributed by atoms with Crippen LogP contribution < -0.4 is 10.6 Å². The van der Waals surface area contributed by atoms with Gasteiger partial charge in [-0.3, -0.25) is 9.59 Å².